The maximum Gasteiger partial charge on any atom is 0.124 e. The van der Waals surface area contributed by atoms with E-state index in [9.17, 15) is 25.5 Å². The van der Waals surface area contributed by atoms with Crippen LogP contribution < -0.4 is 0 Å². The molecule has 3 rings (SSSR count). The van der Waals surface area contributed by atoms with Crippen LogP contribution in [0.5, 0.6) is 17.2 Å². The Bertz CT molecular complexity index is 1090. The van der Waals surface area contributed by atoms with Gasteiger partial charge in [-0.05, 0) is 79.1 Å². The molecule has 5 heteroatoms. The van der Waals surface area contributed by atoms with E-state index in [0.717, 1.165) is 38.9 Å². The summed E-state index contributed by atoms with van der Waals surface area (Å²) in [6.07, 6.45) is 0.936. The molecule has 0 aliphatic rings. The molecule has 0 aliphatic carbocycles. The number of aliphatic hydroxyl groups excluding tert-OH is 2. The van der Waals surface area contributed by atoms with Crippen LogP contribution in [0.1, 0.15) is 61.2 Å². The van der Waals surface area contributed by atoms with Gasteiger partial charge in [-0.15, -0.1) is 0 Å². The first-order valence-electron chi connectivity index (χ1n) is 10.7. The van der Waals surface area contributed by atoms with Crippen molar-refractivity contribution in [2.24, 2.45) is 0 Å². The third kappa shape index (κ3) is 4.31. The Morgan fingerprint density at radius 3 is 1.25 bits per heavy atom. The Labute approximate surface area is 189 Å². The molecule has 5 nitrogen and oxygen atoms in total. The molecule has 0 saturated carbocycles. The highest BCUT2D eigenvalue weighted by atomic mass is 16.3. The Hall–Kier alpha value is -3.02. The van der Waals surface area contributed by atoms with Crippen molar-refractivity contribution < 1.29 is 25.5 Å². The second-order valence-corrected chi connectivity index (χ2v) is 8.71. The SMILES string of the molecule is Cc1cc(Cc2cc(C)c(O)c(CO)c2C)c(O)c(Cc2cc(C)c(O)c(CO)c2C)c1. The van der Waals surface area contributed by atoms with E-state index in [-0.39, 0.29) is 30.5 Å². The molecule has 0 saturated heterocycles. The van der Waals surface area contributed by atoms with Crippen molar-refractivity contribution in [3.63, 3.8) is 0 Å². The van der Waals surface area contributed by atoms with Gasteiger partial charge < -0.3 is 25.5 Å². The Morgan fingerprint density at radius 1 is 0.531 bits per heavy atom. The van der Waals surface area contributed by atoms with E-state index in [2.05, 4.69) is 0 Å². The quantitative estimate of drug-likeness (QED) is 0.391. The van der Waals surface area contributed by atoms with Crippen molar-refractivity contribution in [1.82, 2.24) is 0 Å². The van der Waals surface area contributed by atoms with Crippen LogP contribution in [0.2, 0.25) is 0 Å². The zero-order valence-electron chi connectivity index (χ0n) is 19.4. The predicted molar refractivity (Wildman–Crippen MR) is 125 cm³/mol. The van der Waals surface area contributed by atoms with Crippen LogP contribution in [-0.4, -0.2) is 25.5 Å². The van der Waals surface area contributed by atoms with Crippen LogP contribution in [0.25, 0.3) is 0 Å². The van der Waals surface area contributed by atoms with Crippen molar-refractivity contribution >= 4 is 0 Å². The van der Waals surface area contributed by atoms with Crippen LogP contribution in [0, 0.1) is 34.6 Å². The summed E-state index contributed by atoms with van der Waals surface area (Å²) in [6, 6.07) is 7.69. The standard InChI is InChI=1S/C27H32O5/c1-14-6-21(10-19-8-15(2)25(30)23(12-28)17(19)4)27(32)22(7-14)11-20-9-16(3)26(31)24(13-29)18(20)5/h6-9,28-32H,10-13H2,1-5H3. The molecule has 3 aromatic carbocycles. The largest absolute Gasteiger partial charge is 0.507 e. The number of aromatic hydroxyl groups is 3. The number of aryl methyl sites for hydroxylation is 3. The predicted octanol–water partition coefficient (Wildman–Crippen LogP) is 4.51. The fraction of sp³-hybridized carbons (Fsp3) is 0.333. The minimum atomic E-state index is -0.246. The highest BCUT2D eigenvalue weighted by Crippen LogP contribution is 2.35. The van der Waals surface area contributed by atoms with Gasteiger partial charge in [-0.25, -0.2) is 0 Å². The summed E-state index contributed by atoms with van der Waals surface area (Å²) in [5.74, 6) is 0.434. The molecule has 0 amide bonds. The monoisotopic (exact) mass is 436 g/mol. The maximum absolute atomic E-state index is 11.1. The van der Waals surface area contributed by atoms with E-state index in [1.54, 1.807) is 13.8 Å². The van der Waals surface area contributed by atoms with Crippen molar-refractivity contribution in [3.8, 4) is 17.2 Å². The zero-order chi connectivity index (χ0) is 23.7. The number of hydrogen-bond donors (Lipinski definition) is 5. The van der Waals surface area contributed by atoms with Gasteiger partial charge in [0.05, 0.1) is 13.2 Å². The van der Waals surface area contributed by atoms with Gasteiger partial charge in [0.15, 0.2) is 0 Å². The summed E-state index contributed by atoms with van der Waals surface area (Å²) >= 11 is 0. The first kappa shape index (κ1) is 23.6. The summed E-state index contributed by atoms with van der Waals surface area (Å²) in [7, 11) is 0. The van der Waals surface area contributed by atoms with Gasteiger partial charge in [-0.1, -0.05) is 29.8 Å². The van der Waals surface area contributed by atoms with E-state index in [4.69, 9.17) is 0 Å². The van der Waals surface area contributed by atoms with Crippen molar-refractivity contribution in [3.05, 3.63) is 85.5 Å². The molecule has 5 N–H and O–H groups in total. The van der Waals surface area contributed by atoms with Crippen LogP contribution in [0.3, 0.4) is 0 Å². The second kappa shape index (κ2) is 9.23. The second-order valence-electron chi connectivity index (χ2n) is 8.71. The maximum atomic E-state index is 11.1. The topological polar surface area (TPSA) is 101 Å². The summed E-state index contributed by atoms with van der Waals surface area (Å²) in [5.41, 5.74) is 8.47. The minimum Gasteiger partial charge on any atom is -0.507 e. The molecule has 3 aromatic rings. The molecule has 32 heavy (non-hydrogen) atoms. The molecule has 0 bridgehead atoms. The van der Waals surface area contributed by atoms with Crippen LogP contribution in [0.15, 0.2) is 24.3 Å². The lowest BCUT2D eigenvalue weighted by Gasteiger charge is -2.18. The first-order chi connectivity index (χ1) is 15.1. The molecule has 0 unspecified atom stereocenters. The summed E-state index contributed by atoms with van der Waals surface area (Å²) in [5, 5.41) is 51.0. The highest BCUT2D eigenvalue weighted by Gasteiger charge is 2.18. The van der Waals surface area contributed by atoms with Gasteiger partial charge in [0.1, 0.15) is 17.2 Å². The number of rotatable bonds is 6. The lowest BCUT2D eigenvalue weighted by atomic mass is 9.89. The number of hydrogen-bond acceptors (Lipinski definition) is 5. The fourth-order valence-corrected chi connectivity index (χ4v) is 4.46. The summed E-state index contributed by atoms with van der Waals surface area (Å²) in [6.45, 7) is 8.82. The Kier molecular flexibility index (Phi) is 6.82. The molecule has 0 radical (unpaired) electrons. The van der Waals surface area contributed by atoms with Crippen LogP contribution in [-0.2, 0) is 26.1 Å². The summed E-state index contributed by atoms with van der Waals surface area (Å²) in [4.78, 5) is 0. The number of aliphatic hydroxyl groups is 2. The van der Waals surface area contributed by atoms with Gasteiger partial charge in [0, 0.05) is 24.0 Å². The van der Waals surface area contributed by atoms with Crippen molar-refractivity contribution in [2.45, 2.75) is 60.7 Å². The molecule has 0 atom stereocenters. The summed E-state index contributed by atoms with van der Waals surface area (Å²) < 4.78 is 0. The molecule has 0 heterocycles. The van der Waals surface area contributed by atoms with Crippen LogP contribution in [0.4, 0.5) is 0 Å². The molecule has 0 spiro atoms. The van der Waals surface area contributed by atoms with Gasteiger partial charge in [0.25, 0.3) is 0 Å². The lowest BCUT2D eigenvalue weighted by Crippen LogP contribution is -2.03. The fourth-order valence-electron chi connectivity index (χ4n) is 4.46. The average molecular weight is 437 g/mol. The van der Waals surface area contributed by atoms with E-state index in [0.29, 0.717) is 35.1 Å². The molecule has 0 fully saturated rings. The van der Waals surface area contributed by atoms with Gasteiger partial charge in [0.2, 0.25) is 0 Å². The van der Waals surface area contributed by atoms with Gasteiger partial charge in [-0.2, -0.15) is 0 Å². The average Bonchev–Trinajstić information content (AvgIpc) is 2.74. The number of phenols is 3. The molecule has 0 aromatic heterocycles. The molecule has 170 valence electrons. The van der Waals surface area contributed by atoms with E-state index < -0.39 is 0 Å². The molecular weight excluding hydrogens is 404 g/mol. The van der Waals surface area contributed by atoms with E-state index in [1.165, 1.54) is 0 Å². The number of phenolic OH excluding ortho intramolecular Hbond substituents is 1. The smallest absolute Gasteiger partial charge is 0.124 e. The van der Waals surface area contributed by atoms with Gasteiger partial charge >= 0.3 is 0 Å². The third-order valence-corrected chi connectivity index (χ3v) is 6.46. The van der Waals surface area contributed by atoms with Crippen LogP contribution >= 0.6 is 0 Å². The zero-order valence-corrected chi connectivity index (χ0v) is 19.4. The van der Waals surface area contributed by atoms with E-state index >= 15 is 0 Å². The van der Waals surface area contributed by atoms with Crippen molar-refractivity contribution in [1.29, 1.82) is 0 Å². The normalized spacial score (nSPS) is 11.2. The lowest BCUT2D eigenvalue weighted by molar-refractivity contribution is 0.274. The first-order valence-corrected chi connectivity index (χ1v) is 10.7. The Balaban J connectivity index is 2.05. The highest BCUT2D eigenvalue weighted by molar-refractivity contribution is 5.55. The molecule has 0 aliphatic heterocycles. The number of benzene rings is 3. The van der Waals surface area contributed by atoms with Gasteiger partial charge in [-0.3, -0.25) is 0 Å². The Morgan fingerprint density at radius 2 is 0.906 bits per heavy atom. The van der Waals surface area contributed by atoms with E-state index in [1.807, 2.05) is 45.0 Å². The third-order valence-electron chi connectivity index (χ3n) is 6.46. The minimum absolute atomic E-state index is 0.112. The molecular formula is C27H32O5. The van der Waals surface area contributed by atoms with Crippen molar-refractivity contribution in [2.75, 3.05) is 0 Å².